The molecule has 0 atom stereocenters. The molecule has 0 aliphatic rings. The lowest BCUT2D eigenvalue weighted by molar-refractivity contribution is -0.688. The van der Waals surface area contributed by atoms with Crippen LogP contribution in [-0.4, -0.2) is 12.9 Å². The number of rotatable bonds is 6. The molecular formula is C25H19FNO4+. The molecule has 2 aromatic carbocycles. The van der Waals surface area contributed by atoms with E-state index in [1.54, 1.807) is 67.0 Å². The molecule has 0 saturated carbocycles. The number of para-hydroxylation sites is 1. The van der Waals surface area contributed by atoms with Crippen molar-refractivity contribution in [3.05, 3.63) is 112 Å². The Kier molecular flexibility index (Phi) is 5.71. The van der Waals surface area contributed by atoms with Crippen LogP contribution in [0.1, 0.15) is 21.5 Å². The van der Waals surface area contributed by atoms with Crippen LogP contribution in [0, 0.1) is 5.82 Å². The zero-order chi connectivity index (χ0) is 21.8. The molecule has 0 spiro atoms. The number of aromatic nitrogens is 1. The Balaban J connectivity index is 1.52. The van der Waals surface area contributed by atoms with Crippen LogP contribution in [-0.2, 0) is 6.54 Å². The first-order chi connectivity index (χ1) is 15.0. The fourth-order valence-corrected chi connectivity index (χ4v) is 3.22. The Morgan fingerprint density at radius 3 is 2.61 bits per heavy atom. The third kappa shape index (κ3) is 4.43. The van der Waals surface area contributed by atoms with Gasteiger partial charge in [0, 0.05) is 17.5 Å². The van der Waals surface area contributed by atoms with Gasteiger partial charge >= 0.3 is 5.63 Å². The molecule has 0 amide bonds. The normalized spacial score (nSPS) is 11.2. The van der Waals surface area contributed by atoms with Crippen LogP contribution in [0.3, 0.4) is 0 Å². The Labute approximate surface area is 177 Å². The van der Waals surface area contributed by atoms with Crippen LogP contribution < -0.4 is 14.9 Å². The molecule has 2 aromatic heterocycles. The number of methoxy groups -OCH3 is 1. The summed E-state index contributed by atoms with van der Waals surface area (Å²) in [5.74, 6) is -0.282. The highest BCUT2D eigenvalue weighted by atomic mass is 19.1. The Morgan fingerprint density at radius 2 is 1.87 bits per heavy atom. The van der Waals surface area contributed by atoms with Gasteiger partial charge in [0.05, 0.1) is 12.7 Å². The van der Waals surface area contributed by atoms with Crippen molar-refractivity contribution in [1.29, 1.82) is 0 Å². The molecule has 0 bridgehead atoms. The fraction of sp³-hybridized carbons (Fsp3) is 0.0800. The highest BCUT2D eigenvalue weighted by molar-refractivity contribution is 6.08. The zero-order valence-electron chi connectivity index (χ0n) is 16.7. The zero-order valence-corrected chi connectivity index (χ0v) is 16.7. The predicted octanol–water partition coefficient (Wildman–Crippen LogP) is 4.17. The lowest BCUT2D eigenvalue weighted by atomic mass is 10.1. The van der Waals surface area contributed by atoms with Gasteiger partial charge in [-0.15, -0.1) is 0 Å². The minimum Gasteiger partial charge on any atom is -0.493 e. The number of halogens is 1. The molecule has 4 aromatic rings. The molecule has 31 heavy (non-hydrogen) atoms. The number of ether oxygens (including phenoxy) is 1. The molecule has 0 N–H and O–H groups in total. The third-order valence-electron chi connectivity index (χ3n) is 4.86. The van der Waals surface area contributed by atoms with Crippen molar-refractivity contribution < 1.29 is 22.9 Å². The summed E-state index contributed by atoms with van der Waals surface area (Å²) in [4.78, 5) is 24.8. The number of carbonyl (C=O) groups excluding carboxylic acids is 1. The summed E-state index contributed by atoms with van der Waals surface area (Å²) in [6, 6.07) is 16.9. The summed E-state index contributed by atoms with van der Waals surface area (Å²) in [5, 5.41) is 0.601. The number of carbonyl (C=O) groups is 1. The molecule has 2 heterocycles. The van der Waals surface area contributed by atoms with Crippen LogP contribution in [0.25, 0.3) is 17.0 Å². The minimum atomic E-state index is -0.720. The Hall–Kier alpha value is -4.06. The summed E-state index contributed by atoms with van der Waals surface area (Å²) in [5.41, 5.74) is 0.888. The van der Waals surface area contributed by atoms with Crippen LogP contribution in [0.5, 0.6) is 5.75 Å². The van der Waals surface area contributed by atoms with Crippen LogP contribution >= 0.6 is 0 Å². The molecular weight excluding hydrogens is 397 g/mol. The molecule has 4 rings (SSSR count). The smallest absolute Gasteiger partial charge is 0.347 e. The summed E-state index contributed by atoms with van der Waals surface area (Å²) in [6.45, 7) is 0.400. The predicted molar refractivity (Wildman–Crippen MR) is 115 cm³/mol. The van der Waals surface area contributed by atoms with Crippen molar-refractivity contribution in [2.24, 2.45) is 0 Å². The van der Waals surface area contributed by atoms with Crippen molar-refractivity contribution in [1.82, 2.24) is 0 Å². The first-order valence-corrected chi connectivity index (χ1v) is 9.61. The number of benzene rings is 2. The van der Waals surface area contributed by atoms with E-state index in [1.165, 1.54) is 25.3 Å². The summed E-state index contributed by atoms with van der Waals surface area (Å²) < 4.78 is 26.1. The number of fused-ring (bicyclic) bond motifs is 1. The molecule has 0 radical (unpaired) electrons. The number of hydrogen-bond donors (Lipinski definition) is 0. The van der Waals surface area contributed by atoms with Crippen LogP contribution in [0.15, 0.2) is 88.3 Å². The molecule has 0 saturated heterocycles. The molecule has 0 aliphatic carbocycles. The second-order valence-electron chi connectivity index (χ2n) is 6.92. The largest absolute Gasteiger partial charge is 0.493 e. The number of allylic oxidation sites excluding steroid dienone is 1. The number of hydrogen-bond acceptors (Lipinski definition) is 4. The van der Waals surface area contributed by atoms with Crippen LogP contribution in [0.4, 0.5) is 4.39 Å². The second kappa shape index (κ2) is 8.75. The topological polar surface area (TPSA) is 60.4 Å². The SMILES string of the molecule is COc1cccc2cc(C(=O)/C=C/c3cc[n+](Cc4ccccc4F)cc3)c(=O)oc12. The summed E-state index contributed by atoms with van der Waals surface area (Å²) >= 11 is 0. The van der Waals surface area contributed by atoms with E-state index in [0.717, 1.165) is 5.56 Å². The van der Waals surface area contributed by atoms with E-state index < -0.39 is 11.4 Å². The molecule has 5 nitrogen and oxygen atoms in total. The molecule has 6 heteroatoms. The maximum atomic E-state index is 13.8. The fourth-order valence-electron chi connectivity index (χ4n) is 3.22. The Morgan fingerprint density at radius 1 is 1.10 bits per heavy atom. The average molecular weight is 416 g/mol. The minimum absolute atomic E-state index is 0.0532. The standard InChI is InChI=1S/C25H19FNO4/c1-30-23-8-4-6-18-15-20(25(29)31-24(18)23)22(28)10-9-17-11-13-27(14-12-17)16-19-5-2-3-7-21(19)26/h2-15H,16H2,1H3/q+1/b10-9+. The third-order valence-corrected chi connectivity index (χ3v) is 4.86. The van der Waals surface area contributed by atoms with Crippen molar-refractivity contribution >= 4 is 22.8 Å². The lowest BCUT2D eigenvalue weighted by Gasteiger charge is -2.04. The lowest BCUT2D eigenvalue weighted by Crippen LogP contribution is -2.33. The van der Waals surface area contributed by atoms with E-state index in [9.17, 15) is 14.0 Å². The summed E-state index contributed by atoms with van der Waals surface area (Å²) in [6.07, 6.45) is 6.54. The summed E-state index contributed by atoms with van der Waals surface area (Å²) in [7, 11) is 1.48. The average Bonchev–Trinajstić information content (AvgIpc) is 2.79. The quantitative estimate of drug-likeness (QED) is 0.205. The van der Waals surface area contributed by atoms with E-state index >= 15 is 0 Å². The number of ketones is 1. The molecule has 0 aliphatic heterocycles. The highest BCUT2D eigenvalue weighted by Crippen LogP contribution is 2.24. The van der Waals surface area contributed by atoms with Gasteiger partial charge in [-0.05, 0) is 35.9 Å². The van der Waals surface area contributed by atoms with E-state index in [0.29, 0.717) is 28.8 Å². The maximum absolute atomic E-state index is 13.8. The second-order valence-corrected chi connectivity index (χ2v) is 6.92. The van der Waals surface area contributed by atoms with Crippen molar-refractivity contribution in [3.8, 4) is 5.75 Å². The van der Waals surface area contributed by atoms with Gasteiger partial charge in [0.2, 0.25) is 0 Å². The first-order valence-electron chi connectivity index (χ1n) is 9.61. The first kappa shape index (κ1) is 20.2. The van der Waals surface area contributed by atoms with E-state index in [-0.39, 0.29) is 11.4 Å². The van der Waals surface area contributed by atoms with Crippen molar-refractivity contribution in [2.75, 3.05) is 7.11 Å². The monoisotopic (exact) mass is 416 g/mol. The Bertz CT molecular complexity index is 1340. The van der Waals surface area contributed by atoms with Crippen LogP contribution in [0.2, 0.25) is 0 Å². The van der Waals surface area contributed by atoms with Crippen molar-refractivity contribution in [2.45, 2.75) is 6.54 Å². The van der Waals surface area contributed by atoms with Crippen molar-refractivity contribution in [3.63, 3.8) is 0 Å². The van der Waals surface area contributed by atoms with E-state index in [4.69, 9.17) is 9.15 Å². The van der Waals surface area contributed by atoms with E-state index in [1.807, 2.05) is 4.57 Å². The van der Waals surface area contributed by atoms with Gasteiger partial charge in [0.1, 0.15) is 11.4 Å². The molecule has 0 unspecified atom stereocenters. The van der Waals surface area contributed by atoms with Gasteiger partial charge in [0.25, 0.3) is 0 Å². The van der Waals surface area contributed by atoms with E-state index in [2.05, 4.69) is 0 Å². The molecule has 154 valence electrons. The van der Waals surface area contributed by atoms with Gasteiger partial charge < -0.3 is 9.15 Å². The van der Waals surface area contributed by atoms with Gasteiger partial charge in [-0.1, -0.05) is 30.3 Å². The highest BCUT2D eigenvalue weighted by Gasteiger charge is 2.14. The van der Waals surface area contributed by atoms with Gasteiger partial charge in [-0.25, -0.2) is 13.8 Å². The van der Waals surface area contributed by atoms with Gasteiger partial charge in [-0.2, -0.15) is 0 Å². The molecule has 0 fully saturated rings. The van der Waals surface area contributed by atoms with Gasteiger partial charge in [-0.3, -0.25) is 4.79 Å². The number of pyridine rings is 1. The maximum Gasteiger partial charge on any atom is 0.347 e. The van der Waals surface area contributed by atoms with Gasteiger partial charge in [0.15, 0.2) is 36.1 Å². The number of nitrogens with zero attached hydrogens (tertiary/aromatic N) is 1.